The molecule has 0 aromatic heterocycles. The van der Waals surface area contributed by atoms with Gasteiger partial charge in [0.15, 0.2) is 0 Å². The van der Waals surface area contributed by atoms with Gasteiger partial charge in [-0.25, -0.2) is 0 Å². The summed E-state index contributed by atoms with van der Waals surface area (Å²) in [6.07, 6.45) is 5.48. The molecule has 88 valence electrons. The number of nitrogens with one attached hydrogen (secondary N) is 2. The topological polar surface area (TPSA) is 24.1 Å². The van der Waals surface area contributed by atoms with E-state index in [1.165, 1.54) is 40.3 Å². The van der Waals surface area contributed by atoms with E-state index in [2.05, 4.69) is 35.4 Å². The number of allylic oxidation sites excluding steroid dienone is 1. The SMILES string of the molecule is C=C1NC=C(Cc2ccc3c(c2)CCCS3)N1. The van der Waals surface area contributed by atoms with Gasteiger partial charge in [-0.05, 0) is 35.8 Å². The van der Waals surface area contributed by atoms with Crippen molar-refractivity contribution >= 4 is 11.8 Å². The zero-order valence-electron chi connectivity index (χ0n) is 9.75. The van der Waals surface area contributed by atoms with Crippen LogP contribution in [0.25, 0.3) is 0 Å². The minimum Gasteiger partial charge on any atom is -0.347 e. The minimum atomic E-state index is 0.869. The van der Waals surface area contributed by atoms with Crippen LogP contribution in [0.2, 0.25) is 0 Å². The van der Waals surface area contributed by atoms with Gasteiger partial charge in [0.2, 0.25) is 0 Å². The van der Waals surface area contributed by atoms with E-state index in [4.69, 9.17) is 0 Å². The molecule has 2 N–H and O–H groups in total. The molecule has 0 saturated carbocycles. The molecular weight excluding hydrogens is 228 g/mol. The number of aryl methyl sites for hydroxylation is 1. The summed E-state index contributed by atoms with van der Waals surface area (Å²) in [5, 5.41) is 6.31. The van der Waals surface area contributed by atoms with Crippen LogP contribution < -0.4 is 10.6 Å². The molecule has 1 aromatic rings. The largest absolute Gasteiger partial charge is 0.347 e. The summed E-state index contributed by atoms with van der Waals surface area (Å²) < 4.78 is 0. The van der Waals surface area contributed by atoms with Crippen molar-refractivity contribution in [3.05, 3.63) is 53.6 Å². The maximum atomic E-state index is 3.84. The van der Waals surface area contributed by atoms with Crippen LogP contribution in [-0.2, 0) is 12.8 Å². The van der Waals surface area contributed by atoms with E-state index in [0.717, 1.165) is 12.2 Å². The Morgan fingerprint density at radius 3 is 3.12 bits per heavy atom. The first-order valence-electron chi connectivity index (χ1n) is 5.97. The van der Waals surface area contributed by atoms with Crippen molar-refractivity contribution < 1.29 is 0 Å². The molecule has 17 heavy (non-hydrogen) atoms. The van der Waals surface area contributed by atoms with E-state index >= 15 is 0 Å². The van der Waals surface area contributed by atoms with E-state index in [0.29, 0.717) is 0 Å². The lowest BCUT2D eigenvalue weighted by molar-refractivity contribution is 0.879. The van der Waals surface area contributed by atoms with Crippen molar-refractivity contribution in [1.82, 2.24) is 10.6 Å². The second kappa shape index (κ2) is 4.49. The van der Waals surface area contributed by atoms with Crippen molar-refractivity contribution in [3.63, 3.8) is 0 Å². The second-order valence-electron chi connectivity index (χ2n) is 4.49. The summed E-state index contributed by atoms with van der Waals surface area (Å²) in [6, 6.07) is 6.86. The van der Waals surface area contributed by atoms with Crippen LogP contribution in [-0.4, -0.2) is 5.75 Å². The number of rotatable bonds is 2. The summed E-state index contributed by atoms with van der Waals surface area (Å²) in [6.45, 7) is 3.84. The zero-order chi connectivity index (χ0) is 11.7. The molecule has 0 amide bonds. The van der Waals surface area contributed by atoms with Crippen LogP contribution in [0.4, 0.5) is 0 Å². The third-order valence-corrected chi connectivity index (χ3v) is 4.30. The Balaban J connectivity index is 1.77. The van der Waals surface area contributed by atoms with E-state index in [1.54, 1.807) is 0 Å². The minimum absolute atomic E-state index is 0.869. The van der Waals surface area contributed by atoms with Crippen LogP contribution >= 0.6 is 11.8 Å². The summed E-state index contributed by atoms with van der Waals surface area (Å²) in [7, 11) is 0. The Morgan fingerprint density at radius 1 is 1.35 bits per heavy atom. The lowest BCUT2D eigenvalue weighted by Gasteiger charge is -2.16. The Bertz CT molecular complexity index is 491. The van der Waals surface area contributed by atoms with Crippen molar-refractivity contribution in [2.45, 2.75) is 24.2 Å². The highest BCUT2D eigenvalue weighted by atomic mass is 32.2. The van der Waals surface area contributed by atoms with Gasteiger partial charge in [-0.2, -0.15) is 0 Å². The standard InChI is InChI=1S/C14H16N2S/c1-10-15-9-13(16-10)8-11-4-5-14-12(7-11)3-2-6-17-14/h4-5,7,9,15-16H,1-3,6,8H2. The van der Waals surface area contributed by atoms with Crippen molar-refractivity contribution in [3.8, 4) is 0 Å². The Kier molecular flexibility index (Phi) is 2.85. The summed E-state index contributed by atoms with van der Waals surface area (Å²) in [4.78, 5) is 1.47. The molecule has 0 fully saturated rings. The first kappa shape index (κ1) is 10.8. The number of thioether (sulfide) groups is 1. The Morgan fingerprint density at radius 2 is 2.29 bits per heavy atom. The molecule has 0 saturated heterocycles. The molecule has 2 nitrogen and oxygen atoms in total. The molecule has 0 atom stereocenters. The van der Waals surface area contributed by atoms with Gasteiger partial charge in [0, 0.05) is 23.2 Å². The van der Waals surface area contributed by atoms with E-state index in [-0.39, 0.29) is 0 Å². The predicted molar refractivity (Wildman–Crippen MR) is 72.7 cm³/mol. The van der Waals surface area contributed by atoms with E-state index in [1.807, 2.05) is 18.0 Å². The van der Waals surface area contributed by atoms with Gasteiger partial charge in [0.25, 0.3) is 0 Å². The first-order valence-corrected chi connectivity index (χ1v) is 6.96. The third kappa shape index (κ3) is 2.34. The molecule has 0 aliphatic carbocycles. The predicted octanol–water partition coefficient (Wildman–Crippen LogP) is 2.77. The highest BCUT2D eigenvalue weighted by molar-refractivity contribution is 7.99. The zero-order valence-corrected chi connectivity index (χ0v) is 10.6. The normalized spacial score (nSPS) is 18.1. The molecular formula is C14H16N2S. The third-order valence-electron chi connectivity index (χ3n) is 3.10. The number of hydrogen-bond acceptors (Lipinski definition) is 3. The Labute approximate surface area is 106 Å². The highest BCUT2D eigenvalue weighted by Gasteiger charge is 2.12. The van der Waals surface area contributed by atoms with Gasteiger partial charge in [0.05, 0.1) is 5.82 Å². The summed E-state index contributed by atoms with van der Waals surface area (Å²) >= 11 is 1.98. The van der Waals surface area contributed by atoms with Crippen LogP contribution in [0.5, 0.6) is 0 Å². The van der Waals surface area contributed by atoms with E-state index in [9.17, 15) is 0 Å². The maximum Gasteiger partial charge on any atom is 0.0995 e. The van der Waals surface area contributed by atoms with Crippen LogP contribution in [0.15, 0.2) is 47.4 Å². The van der Waals surface area contributed by atoms with Gasteiger partial charge in [-0.1, -0.05) is 18.7 Å². The average Bonchev–Trinajstić information content (AvgIpc) is 2.75. The van der Waals surface area contributed by atoms with Crippen molar-refractivity contribution in [1.29, 1.82) is 0 Å². The van der Waals surface area contributed by atoms with Crippen LogP contribution in [0.3, 0.4) is 0 Å². The molecule has 3 rings (SSSR count). The molecule has 0 radical (unpaired) electrons. The number of benzene rings is 1. The van der Waals surface area contributed by atoms with Crippen LogP contribution in [0, 0.1) is 0 Å². The average molecular weight is 244 g/mol. The lowest BCUT2D eigenvalue weighted by atomic mass is 10.0. The van der Waals surface area contributed by atoms with Crippen molar-refractivity contribution in [2.75, 3.05) is 5.75 Å². The Hall–Kier alpha value is -1.35. The second-order valence-corrected chi connectivity index (χ2v) is 5.63. The number of hydrogen-bond donors (Lipinski definition) is 2. The van der Waals surface area contributed by atoms with Gasteiger partial charge >= 0.3 is 0 Å². The quantitative estimate of drug-likeness (QED) is 0.836. The molecule has 3 heteroatoms. The molecule has 0 bridgehead atoms. The van der Waals surface area contributed by atoms with Gasteiger partial charge < -0.3 is 10.6 Å². The smallest absolute Gasteiger partial charge is 0.0995 e. The first-order chi connectivity index (χ1) is 8.31. The fourth-order valence-electron chi connectivity index (χ4n) is 2.28. The molecule has 1 aromatic carbocycles. The highest BCUT2D eigenvalue weighted by Crippen LogP contribution is 2.30. The molecule has 0 unspecified atom stereocenters. The van der Waals surface area contributed by atoms with Gasteiger partial charge in [0.1, 0.15) is 0 Å². The number of fused-ring (bicyclic) bond motifs is 1. The molecule has 2 aliphatic rings. The summed E-state index contributed by atoms with van der Waals surface area (Å²) in [5.74, 6) is 2.14. The summed E-state index contributed by atoms with van der Waals surface area (Å²) in [5.41, 5.74) is 4.09. The molecule has 2 heterocycles. The lowest BCUT2D eigenvalue weighted by Crippen LogP contribution is -2.11. The van der Waals surface area contributed by atoms with Gasteiger partial charge in [-0.15, -0.1) is 11.8 Å². The fraction of sp³-hybridized carbons (Fsp3) is 0.286. The van der Waals surface area contributed by atoms with Crippen LogP contribution in [0.1, 0.15) is 17.5 Å². The van der Waals surface area contributed by atoms with E-state index < -0.39 is 0 Å². The van der Waals surface area contributed by atoms with Crippen molar-refractivity contribution in [2.24, 2.45) is 0 Å². The van der Waals surface area contributed by atoms with Gasteiger partial charge in [-0.3, -0.25) is 0 Å². The fourth-order valence-corrected chi connectivity index (χ4v) is 3.30. The molecule has 0 spiro atoms. The monoisotopic (exact) mass is 244 g/mol. The molecule has 2 aliphatic heterocycles. The maximum absolute atomic E-state index is 3.84.